The molecule has 0 aliphatic heterocycles. The van der Waals surface area contributed by atoms with Gasteiger partial charge in [0.15, 0.2) is 0 Å². The number of halogens is 3. The predicted molar refractivity (Wildman–Crippen MR) is 170 cm³/mol. The van der Waals surface area contributed by atoms with E-state index < -0.39 is 27.4 Å². The Hall–Kier alpha value is -3.97. The fourth-order valence-corrected chi connectivity index (χ4v) is 7.01. The molecule has 1 fully saturated rings. The molecule has 0 radical (unpaired) electrons. The van der Waals surface area contributed by atoms with Crippen molar-refractivity contribution in [3.05, 3.63) is 82.3 Å². The van der Waals surface area contributed by atoms with Gasteiger partial charge in [-0.2, -0.15) is 4.98 Å². The summed E-state index contributed by atoms with van der Waals surface area (Å²) in [6, 6.07) is 10.7. The number of pyridine rings is 1. The van der Waals surface area contributed by atoms with Crippen LogP contribution in [0.2, 0.25) is 0 Å². The lowest BCUT2D eigenvalue weighted by molar-refractivity contribution is 0.174. The number of benzene rings is 2. The highest BCUT2D eigenvalue weighted by Crippen LogP contribution is 2.28. The van der Waals surface area contributed by atoms with Gasteiger partial charge >= 0.3 is 0 Å². The van der Waals surface area contributed by atoms with E-state index in [0.29, 0.717) is 35.1 Å². The molecule has 5 rings (SSSR count). The van der Waals surface area contributed by atoms with Crippen LogP contribution in [0.1, 0.15) is 51.1 Å². The van der Waals surface area contributed by atoms with E-state index in [1.807, 2.05) is 20.9 Å². The van der Waals surface area contributed by atoms with Crippen LogP contribution in [0, 0.1) is 11.6 Å². The number of rotatable bonds is 11. The minimum atomic E-state index is -4.00. The Balaban J connectivity index is 1.37. The van der Waals surface area contributed by atoms with E-state index in [-0.39, 0.29) is 41.1 Å². The molecule has 2 N–H and O–H groups in total. The molecule has 240 valence electrons. The van der Waals surface area contributed by atoms with Gasteiger partial charge in [0.05, 0.1) is 11.4 Å². The number of fused-ring (bicyclic) bond motifs is 1. The number of nitrogens with zero attached hydrogens (tertiary/aromatic N) is 4. The normalized spacial score (nSPS) is 17.2. The SMILES string of the molecule is CC(C)n1c(=O)c(-c2ccc(NS(=O)(=O)Cc3ccc(F)cc3)c(F)c2)cc2cnc(NC3CCC(N(C)CCF)CC3)nc21. The molecule has 4 aromatic rings. The molecule has 1 saturated carbocycles. The minimum absolute atomic E-state index is 0.158. The van der Waals surface area contributed by atoms with E-state index in [4.69, 9.17) is 4.98 Å². The van der Waals surface area contributed by atoms with Crippen molar-refractivity contribution in [3.63, 3.8) is 0 Å². The summed E-state index contributed by atoms with van der Waals surface area (Å²) in [5, 5.41) is 3.98. The second kappa shape index (κ2) is 13.6. The van der Waals surface area contributed by atoms with Crippen LogP contribution in [-0.2, 0) is 15.8 Å². The van der Waals surface area contributed by atoms with Crippen LogP contribution in [0.25, 0.3) is 22.2 Å². The molecule has 9 nitrogen and oxygen atoms in total. The Labute approximate surface area is 260 Å². The standard InChI is InChI=1S/C32H37F3N6O3S/c1-20(2)41-30-23(18-36-32(38-30)37-25-9-11-26(12-10-25)40(3)15-14-33)16-27(31(41)42)22-6-13-29(28(35)17-22)39-45(43,44)19-21-4-7-24(34)8-5-21/h4-8,13,16-18,20,25-26,39H,9-12,14-15,19H2,1-3H3,(H,36,37,38). The van der Waals surface area contributed by atoms with E-state index in [2.05, 4.69) is 19.9 Å². The maximum Gasteiger partial charge on any atom is 0.260 e. The molecule has 13 heteroatoms. The molecule has 1 aliphatic rings. The van der Waals surface area contributed by atoms with Gasteiger partial charge in [-0.3, -0.25) is 14.1 Å². The highest BCUT2D eigenvalue weighted by molar-refractivity contribution is 7.91. The Morgan fingerprint density at radius 2 is 1.76 bits per heavy atom. The molecule has 0 bridgehead atoms. The molecular weight excluding hydrogens is 605 g/mol. The number of hydrogen-bond acceptors (Lipinski definition) is 7. The Morgan fingerprint density at radius 3 is 2.40 bits per heavy atom. The summed E-state index contributed by atoms with van der Waals surface area (Å²) >= 11 is 0. The van der Waals surface area contributed by atoms with Crippen molar-refractivity contribution >= 4 is 32.7 Å². The van der Waals surface area contributed by atoms with Crippen LogP contribution >= 0.6 is 0 Å². The lowest BCUT2D eigenvalue weighted by Crippen LogP contribution is -2.39. The third kappa shape index (κ3) is 7.64. The molecule has 45 heavy (non-hydrogen) atoms. The molecule has 0 spiro atoms. The third-order valence-electron chi connectivity index (χ3n) is 8.20. The number of hydrogen-bond donors (Lipinski definition) is 2. The average molecular weight is 643 g/mol. The van der Waals surface area contributed by atoms with Gasteiger partial charge < -0.3 is 10.2 Å². The molecule has 2 aromatic heterocycles. The van der Waals surface area contributed by atoms with Crippen molar-refractivity contribution in [2.45, 2.75) is 63.4 Å². The van der Waals surface area contributed by atoms with E-state index >= 15 is 4.39 Å². The van der Waals surface area contributed by atoms with E-state index in [1.165, 1.54) is 28.8 Å². The van der Waals surface area contributed by atoms with Crippen molar-refractivity contribution in [3.8, 4) is 11.1 Å². The van der Waals surface area contributed by atoms with Crippen molar-refractivity contribution in [1.82, 2.24) is 19.4 Å². The van der Waals surface area contributed by atoms with Crippen molar-refractivity contribution in [1.29, 1.82) is 0 Å². The van der Waals surface area contributed by atoms with Crippen LogP contribution in [-0.4, -0.2) is 60.2 Å². The highest BCUT2D eigenvalue weighted by Gasteiger charge is 2.25. The molecule has 0 atom stereocenters. The van der Waals surface area contributed by atoms with E-state index in [9.17, 15) is 22.0 Å². The van der Waals surface area contributed by atoms with Crippen LogP contribution in [0.4, 0.5) is 24.8 Å². The molecule has 0 unspecified atom stereocenters. The lowest BCUT2D eigenvalue weighted by Gasteiger charge is -2.34. The van der Waals surface area contributed by atoms with Gasteiger partial charge in [0.2, 0.25) is 16.0 Å². The molecule has 0 amide bonds. The number of nitrogens with one attached hydrogen (secondary N) is 2. The van der Waals surface area contributed by atoms with Gasteiger partial charge in [0, 0.05) is 41.8 Å². The Bertz CT molecular complexity index is 1820. The van der Waals surface area contributed by atoms with Crippen LogP contribution in [0.15, 0.2) is 59.5 Å². The maximum absolute atomic E-state index is 15.2. The minimum Gasteiger partial charge on any atom is -0.351 e. The molecule has 1 aliphatic carbocycles. The molecular formula is C32H37F3N6O3S. The highest BCUT2D eigenvalue weighted by atomic mass is 32.2. The van der Waals surface area contributed by atoms with Gasteiger partial charge in [0.25, 0.3) is 5.56 Å². The van der Waals surface area contributed by atoms with Gasteiger partial charge in [0.1, 0.15) is 24.0 Å². The predicted octanol–water partition coefficient (Wildman–Crippen LogP) is 5.88. The van der Waals surface area contributed by atoms with Gasteiger partial charge in [-0.05, 0) is 88.0 Å². The molecule has 2 aromatic carbocycles. The van der Waals surface area contributed by atoms with E-state index in [0.717, 1.165) is 43.9 Å². The second-order valence-corrected chi connectivity index (χ2v) is 13.5. The fourth-order valence-electron chi connectivity index (χ4n) is 5.80. The first-order valence-corrected chi connectivity index (χ1v) is 16.6. The summed E-state index contributed by atoms with van der Waals surface area (Å²) in [6.07, 6.45) is 5.28. The average Bonchev–Trinajstić information content (AvgIpc) is 2.99. The molecule has 2 heterocycles. The quantitative estimate of drug-likeness (QED) is 0.210. The maximum atomic E-state index is 15.2. The summed E-state index contributed by atoms with van der Waals surface area (Å²) < 4.78 is 70.2. The van der Waals surface area contributed by atoms with Crippen LogP contribution in [0.3, 0.4) is 0 Å². The summed E-state index contributed by atoms with van der Waals surface area (Å²) in [4.78, 5) is 25.0. The molecule has 0 saturated heterocycles. The summed E-state index contributed by atoms with van der Waals surface area (Å²) in [5.41, 5.74) is 0.633. The monoisotopic (exact) mass is 642 g/mol. The first kappa shape index (κ1) is 32.4. The van der Waals surface area contributed by atoms with Gasteiger partial charge in [-0.25, -0.2) is 26.6 Å². The summed E-state index contributed by atoms with van der Waals surface area (Å²) in [6.45, 7) is 3.78. The smallest absolute Gasteiger partial charge is 0.260 e. The van der Waals surface area contributed by atoms with E-state index in [1.54, 1.807) is 12.3 Å². The topological polar surface area (TPSA) is 109 Å². The van der Waals surface area contributed by atoms with Crippen LogP contribution in [0.5, 0.6) is 0 Å². The van der Waals surface area contributed by atoms with Crippen molar-refractivity contribution in [2.75, 3.05) is 30.3 Å². The first-order valence-electron chi connectivity index (χ1n) is 14.9. The van der Waals surface area contributed by atoms with Crippen LogP contribution < -0.4 is 15.6 Å². The lowest BCUT2D eigenvalue weighted by atomic mass is 9.90. The zero-order chi connectivity index (χ0) is 32.3. The summed E-state index contributed by atoms with van der Waals surface area (Å²) in [7, 11) is -2.05. The number of anilines is 2. The number of alkyl halides is 1. The number of sulfonamides is 1. The van der Waals surface area contributed by atoms with Crippen molar-refractivity contribution in [2.24, 2.45) is 0 Å². The fraction of sp³-hybridized carbons (Fsp3) is 0.406. The Morgan fingerprint density at radius 1 is 1.04 bits per heavy atom. The second-order valence-electron chi connectivity index (χ2n) is 11.8. The zero-order valence-corrected chi connectivity index (χ0v) is 26.3. The van der Waals surface area contributed by atoms with Gasteiger partial charge in [-0.15, -0.1) is 0 Å². The van der Waals surface area contributed by atoms with Gasteiger partial charge in [-0.1, -0.05) is 18.2 Å². The largest absolute Gasteiger partial charge is 0.351 e. The Kier molecular flexibility index (Phi) is 9.78. The first-order chi connectivity index (χ1) is 21.4. The zero-order valence-electron chi connectivity index (χ0n) is 25.4. The van der Waals surface area contributed by atoms with Crippen molar-refractivity contribution < 1.29 is 21.6 Å². The summed E-state index contributed by atoms with van der Waals surface area (Å²) in [5.74, 6) is -1.40. The number of aromatic nitrogens is 3. The third-order valence-corrected chi connectivity index (χ3v) is 9.44.